The van der Waals surface area contributed by atoms with Crippen LogP contribution in [0.2, 0.25) is 0 Å². The Kier molecular flexibility index (Phi) is 4.24. The van der Waals surface area contributed by atoms with Crippen LogP contribution in [0.3, 0.4) is 0 Å². The van der Waals surface area contributed by atoms with Gasteiger partial charge in [0.05, 0.1) is 32.8 Å². The van der Waals surface area contributed by atoms with Crippen LogP contribution < -0.4 is 0 Å². The van der Waals surface area contributed by atoms with E-state index in [0.29, 0.717) is 25.9 Å². The van der Waals surface area contributed by atoms with Crippen molar-refractivity contribution in [2.45, 2.75) is 42.6 Å². The largest absolute Gasteiger partial charge is 0.471 e. The van der Waals surface area contributed by atoms with Gasteiger partial charge in [0.25, 0.3) is 0 Å². The van der Waals surface area contributed by atoms with E-state index in [9.17, 15) is 18.0 Å². The highest BCUT2D eigenvalue weighted by Gasteiger charge is 2.58. The number of hydrogen-bond acceptors (Lipinski definition) is 4. The maximum Gasteiger partial charge on any atom is 0.471 e. The zero-order valence-electron chi connectivity index (χ0n) is 14.4. The lowest BCUT2D eigenvalue weighted by Crippen LogP contribution is -2.61. The third-order valence-corrected chi connectivity index (χ3v) is 5.59. The highest BCUT2D eigenvalue weighted by molar-refractivity contribution is 5.83. The lowest BCUT2D eigenvalue weighted by Gasteiger charge is -2.45. The van der Waals surface area contributed by atoms with Crippen LogP contribution in [0.4, 0.5) is 13.2 Å². The standard InChI is InChI=1S/C18H21F3N2O3/c1-25-22-10-17(11-22)8-13(9-26-17)23(16(24)18(19,20)21)15-7-14(15)12-5-3-2-4-6-12/h2-6,13-15H,7-11H2,1H3/t13?,14-,15+/m0/s1. The molecule has 142 valence electrons. The second-order valence-corrected chi connectivity index (χ2v) is 7.36. The van der Waals surface area contributed by atoms with Crippen molar-refractivity contribution >= 4 is 5.91 Å². The smallest absolute Gasteiger partial charge is 0.370 e. The summed E-state index contributed by atoms with van der Waals surface area (Å²) in [5.41, 5.74) is 0.474. The first-order chi connectivity index (χ1) is 12.3. The van der Waals surface area contributed by atoms with Gasteiger partial charge in [-0.05, 0) is 12.0 Å². The first-order valence-electron chi connectivity index (χ1n) is 8.70. The summed E-state index contributed by atoms with van der Waals surface area (Å²) in [6.45, 7) is 1.17. The van der Waals surface area contributed by atoms with Crippen molar-refractivity contribution in [3.8, 4) is 0 Å². The third-order valence-electron chi connectivity index (χ3n) is 5.59. The molecule has 4 rings (SSSR count). The number of benzene rings is 1. The molecule has 1 aromatic carbocycles. The number of carbonyl (C=O) groups is 1. The van der Waals surface area contributed by atoms with E-state index in [-0.39, 0.29) is 12.5 Å². The second-order valence-electron chi connectivity index (χ2n) is 7.36. The van der Waals surface area contributed by atoms with Crippen LogP contribution in [0, 0.1) is 0 Å². The van der Waals surface area contributed by atoms with Crippen molar-refractivity contribution in [2.75, 3.05) is 26.8 Å². The van der Waals surface area contributed by atoms with Gasteiger partial charge < -0.3 is 14.5 Å². The number of rotatable bonds is 4. The summed E-state index contributed by atoms with van der Waals surface area (Å²) in [4.78, 5) is 18.3. The van der Waals surface area contributed by atoms with E-state index in [1.165, 1.54) is 0 Å². The molecule has 1 spiro atoms. The Balaban J connectivity index is 1.51. The normalized spacial score (nSPS) is 30.2. The predicted molar refractivity (Wildman–Crippen MR) is 86.2 cm³/mol. The quantitative estimate of drug-likeness (QED) is 0.816. The minimum absolute atomic E-state index is 0.0454. The fourth-order valence-corrected chi connectivity index (χ4v) is 4.23. The van der Waals surface area contributed by atoms with Gasteiger partial charge in [-0.15, -0.1) is 0 Å². The lowest BCUT2D eigenvalue weighted by molar-refractivity contribution is -0.259. The predicted octanol–water partition coefficient (Wildman–Crippen LogP) is 2.34. The average molecular weight is 370 g/mol. The molecule has 26 heavy (non-hydrogen) atoms. The number of ether oxygens (including phenoxy) is 1. The number of amides is 1. The van der Waals surface area contributed by atoms with Crippen molar-refractivity contribution in [1.82, 2.24) is 9.96 Å². The van der Waals surface area contributed by atoms with Crippen LogP contribution in [-0.2, 0) is 14.4 Å². The zero-order chi connectivity index (χ0) is 18.5. The van der Waals surface area contributed by atoms with Crippen LogP contribution in [0.1, 0.15) is 24.3 Å². The summed E-state index contributed by atoms with van der Waals surface area (Å²) in [6, 6.07) is 8.41. The third kappa shape index (κ3) is 3.10. The number of halogens is 3. The molecular formula is C18H21F3N2O3. The molecule has 3 aliphatic rings. The number of carbonyl (C=O) groups excluding carboxylic acids is 1. The van der Waals surface area contributed by atoms with Gasteiger partial charge in [-0.2, -0.15) is 18.2 Å². The van der Waals surface area contributed by atoms with Gasteiger partial charge in [0, 0.05) is 18.4 Å². The van der Waals surface area contributed by atoms with Gasteiger partial charge in [-0.25, -0.2) is 0 Å². The molecule has 1 unspecified atom stereocenters. The van der Waals surface area contributed by atoms with E-state index in [2.05, 4.69) is 0 Å². The molecule has 3 fully saturated rings. The van der Waals surface area contributed by atoms with E-state index in [1.807, 2.05) is 30.3 Å². The maximum atomic E-state index is 13.2. The summed E-state index contributed by atoms with van der Waals surface area (Å²) in [5.74, 6) is -1.80. The number of hydroxylamine groups is 2. The molecule has 1 amide bonds. The Morgan fingerprint density at radius 3 is 2.62 bits per heavy atom. The number of hydrogen-bond donors (Lipinski definition) is 0. The summed E-state index contributed by atoms with van der Waals surface area (Å²) in [7, 11) is 1.55. The molecule has 1 saturated carbocycles. The molecule has 0 radical (unpaired) electrons. The van der Waals surface area contributed by atoms with Gasteiger partial charge in [0.15, 0.2) is 0 Å². The van der Waals surface area contributed by atoms with E-state index >= 15 is 0 Å². The topological polar surface area (TPSA) is 42.0 Å². The van der Waals surface area contributed by atoms with Gasteiger partial charge in [0.2, 0.25) is 0 Å². The fraction of sp³-hybridized carbons (Fsp3) is 0.611. The molecule has 0 N–H and O–H groups in total. The maximum absolute atomic E-state index is 13.2. The van der Waals surface area contributed by atoms with E-state index in [0.717, 1.165) is 10.5 Å². The molecule has 2 saturated heterocycles. The van der Waals surface area contributed by atoms with E-state index in [1.54, 1.807) is 12.2 Å². The molecule has 1 aliphatic carbocycles. The Labute approximate surface area is 149 Å². The summed E-state index contributed by atoms with van der Waals surface area (Å²) >= 11 is 0. The Hall–Kier alpha value is -1.64. The molecule has 8 heteroatoms. The Morgan fingerprint density at radius 2 is 2.00 bits per heavy atom. The molecule has 5 nitrogen and oxygen atoms in total. The molecule has 0 aromatic heterocycles. The van der Waals surface area contributed by atoms with Crippen molar-refractivity contribution in [3.63, 3.8) is 0 Å². The van der Waals surface area contributed by atoms with Crippen molar-refractivity contribution in [2.24, 2.45) is 0 Å². The summed E-state index contributed by atoms with van der Waals surface area (Å²) < 4.78 is 45.4. The van der Waals surface area contributed by atoms with Gasteiger partial charge >= 0.3 is 12.1 Å². The Morgan fingerprint density at radius 1 is 1.31 bits per heavy atom. The highest BCUT2D eigenvalue weighted by atomic mass is 19.4. The first kappa shape index (κ1) is 17.8. The highest BCUT2D eigenvalue weighted by Crippen LogP contribution is 2.49. The first-order valence-corrected chi connectivity index (χ1v) is 8.70. The molecule has 2 heterocycles. The van der Waals surface area contributed by atoms with Crippen molar-refractivity contribution in [1.29, 1.82) is 0 Å². The van der Waals surface area contributed by atoms with Crippen LogP contribution in [0.15, 0.2) is 30.3 Å². The van der Waals surface area contributed by atoms with E-state index < -0.39 is 29.8 Å². The van der Waals surface area contributed by atoms with Gasteiger partial charge in [-0.1, -0.05) is 30.3 Å². The minimum Gasteiger partial charge on any atom is -0.370 e. The monoisotopic (exact) mass is 370 g/mol. The Bertz CT molecular complexity index is 676. The average Bonchev–Trinajstić information content (AvgIpc) is 3.23. The molecule has 2 aliphatic heterocycles. The fourth-order valence-electron chi connectivity index (χ4n) is 4.23. The number of nitrogens with zero attached hydrogens (tertiary/aromatic N) is 2. The lowest BCUT2D eigenvalue weighted by atomic mass is 9.90. The van der Waals surface area contributed by atoms with Crippen molar-refractivity contribution in [3.05, 3.63) is 35.9 Å². The molecule has 1 aromatic rings. The molecule has 0 bridgehead atoms. The molecular weight excluding hydrogens is 349 g/mol. The van der Waals surface area contributed by atoms with Gasteiger partial charge in [-0.3, -0.25) is 4.79 Å². The van der Waals surface area contributed by atoms with Crippen LogP contribution in [-0.4, -0.2) is 66.5 Å². The van der Waals surface area contributed by atoms with Crippen LogP contribution in [0.25, 0.3) is 0 Å². The second kappa shape index (κ2) is 6.21. The number of alkyl halides is 3. The SMILES string of the molecule is CON1CC2(CC(N(C(=O)C(F)(F)F)[C@@H]3C[C@H]3c3ccccc3)CO2)C1. The van der Waals surface area contributed by atoms with Gasteiger partial charge in [0.1, 0.15) is 5.60 Å². The minimum atomic E-state index is -4.88. The van der Waals surface area contributed by atoms with Crippen LogP contribution >= 0.6 is 0 Å². The zero-order valence-corrected chi connectivity index (χ0v) is 14.4. The molecule has 3 atom stereocenters. The van der Waals surface area contributed by atoms with Crippen LogP contribution in [0.5, 0.6) is 0 Å². The summed E-state index contributed by atoms with van der Waals surface area (Å²) in [5, 5.41) is 1.70. The van der Waals surface area contributed by atoms with Crippen molar-refractivity contribution < 1.29 is 27.5 Å². The summed E-state index contributed by atoms with van der Waals surface area (Å²) in [6.07, 6.45) is -3.91. The van der Waals surface area contributed by atoms with E-state index in [4.69, 9.17) is 9.57 Å².